The van der Waals surface area contributed by atoms with E-state index in [2.05, 4.69) is 20.8 Å². The maximum atomic E-state index is 11.5. The molecular weight excluding hydrogens is 240 g/mol. The molecule has 17 heavy (non-hydrogen) atoms. The van der Waals surface area contributed by atoms with Gasteiger partial charge in [-0.1, -0.05) is 11.8 Å². The van der Waals surface area contributed by atoms with E-state index in [1.807, 2.05) is 20.8 Å². The van der Waals surface area contributed by atoms with Crippen LogP contribution in [0.4, 0.5) is 0 Å². The average molecular weight is 256 g/mol. The normalized spacial score (nSPS) is 21.2. The number of carbonyl (C=O) groups excluding carboxylic acids is 2. The first-order valence-electron chi connectivity index (χ1n) is 5.36. The van der Waals surface area contributed by atoms with Crippen LogP contribution < -0.4 is 10.6 Å². The molecule has 94 valence electrons. The molecule has 0 bridgehead atoms. The monoisotopic (exact) mass is 256 g/mol. The van der Waals surface area contributed by atoms with Gasteiger partial charge in [-0.25, -0.2) is 0 Å². The van der Waals surface area contributed by atoms with E-state index in [1.54, 1.807) is 0 Å². The van der Waals surface area contributed by atoms with Gasteiger partial charge in [-0.15, -0.1) is 5.10 Å². The predicted octanol–water partition coefficient (Wildman–Crippen LogP) is 0.496. The van der Waals surface area contributed by atoms with Gasteiger partial charge in [0.1, 0.15) is 5.25 Å². The number of thioether (sulfide) groups is 1. The van der Waals surface area contributed by atoms with E-state index in [0.29, 0.717) is 11.7 Å². The fraction of sp³-hybridized carbons (Fsp3) is 0.600. The van der Waals surface area contributed by atoms with Gasteiger partial charge in [0.05, 0.1) is 0 Å². The maximum Gasteiger partial charge on any atom is 0.240 e. The number of amidine groups is 1. The number of amides is 2. The first-order valence-corrected chi connectivity index (χ1v) is 6.24. The third-order valence-electron chi connectivity index (χ3n) is 1.86. The van der Waals surface area contributed by atoms with Crippen molar-refractivity contribution in [3.63, 3.8) is 0 Å². The van der Waals surface area contributed by atoms with E-state index < -0.39 is 5.25 Å². The smallest absolute Gasteiger partial charge is 0.240 e. The van der Waals surface area contributed by atoms with Gasteiger partial charge in [0.15, 0.2) is 5.17 Å². The molecule has 0 unspecified atom stereocenters. The summed E-state index contributed by atoms with van der Waals surface area (Å²) in [5.74, 6) is -0.319. The van der Waals surface area contributed by atoms with Crippen molar-refractivity contribution < 1.29 is 9.59 Å². The highest BCUT2D eigenvalue weighted by Gasteiger charge is 2.31. The highest BCUT2D eigenvalue weighted by molar-refractivity contribution is 8.15. The summed E-state index contributed by atoms with van der Waals surface area (Å²) in [5.41, 5.74) is 0.805. The van der Waals surface area contributed by atoms with E-state index in [4.69, 9.17) is 0 Å². The van der Waals surface area contributed by atoms with Crippen molar-refractivity contribution in [1.82, 2.24) is 10.6 Å². The van der Waals surface area contributed by atoms with Crippen LogP contribution in [0.2, 0.25) is 0 Å². The molecule has 2 N–H and O–H groups in total. The second-order valence-corrected chi connectivity index (χ2v) is 4.90. The molecule has 0 saturated carbocycles. The number of hydrogen-bond donors (Lipinski definition) is 2. The Hall–Kier alpha value is -1.37. The molecule has 6 nitrogen and oxygen atoms in total. The minimum absolute atomic E-state index is 0.128. The summed E-state index contributed by atoms with van der Waals surface area (Å²) in [7, 11) is 0. The van der Waals surface area contributed by atoms with Crippen LogP contribution >= 0.6 is 11.8 Å². The van der Waals surface area contributed by atoms with E-state index in [9.17, 15) is 9.59 Å². The Morgan fingerprint density at radius 2 is 2.24 bits per heavy atom. The van der Waals surface area contributed by atoms with Crippen LogP contribution in [-0.4, -0.2) is 34.5 Å². The first-order chi connectivity index (χ1) is 8.02. The zero-order valence-electron chi connectivity index (χ0n) is 10.1. The molecule has 2 amide bonds. The molecule has 0 aromatic rings. The van der Waals surface area contributed by atoms with Gasteiger partial charge in [0, 0.05) is 18.7 Å². The fourth-order valence-corrected chi connectivity index (χ4v) is 2.09. The quantitative estimate of drug-likeness (QED) is 0.567. The fourth-order valence-electron chi connectivity index (χ4n) is 1.17. The standard InChI is InChI=1S/C10H16N4O2S/c1-4-11-8(15)5-7-9(16)12-10(17-7)14-13-6(2)3/h7H,4-5H2,1-3H3,(H,11,15)(H,12,14,16)/t7-/m0/s1. The Kier molecular flexibility index (Phi) is 5.14. The second kappa shape index (κ2) is 6.39. The third-order valence-corrected chi connectivity index (χ3v) is 2.93. The van der Waals surface area contributed by atoms with Gasteiger partial charge >= 0.3 is 0 Å². The highest BCUT2D eigenvalue weighted by atomic mass is 32.2. The van der Waals surface area contributed by atoms with Crippen LogP contribution in [0.15, 0.2) is 10.2 Å². The van der Waals surface area contributed by atoms with Crippen LogP contribution in [-0.2, 0) is 9.59 Å². The molecular formula is C10H16N4O2S. The Labute approximate surface area is 104 Å². The lowest BCUT2D eigenvalue weighted by Gasteiger charge is -2.04. The first kappa shape index (κ1) is 13.7. The molecule has 1 fully saturated rings. The van der Waals surface area contributed by atoms with E-state index in [-0.39, 0.29) is 18.2 Å². The van der Waals surface area contributed by atoms with Crippen molar-refractivity contribution in [2.45, 2.75) is 32.4 Å². The van der Waals surface area contributed by atoms with Crippen molar-refractivity contribution in [2.75, 3.05) is 6.54 Å². The van der Waals surface area contributed by atoms with E-state index in [1.165, 1.54) is 11.8 Å². The van der Waals surface area contributed by atoms with Crippen LogP contribution in [0.3, 0.4) is 0 Å². The molecule has 0 aliphatic carbocycles. The summed E-state index contributed by atoms with van der Waals surface area (Å²) in [5, 5.41) is 13.0. The van der Waals surface area contributed by atoms with Crippen molar-refractivity contribution in [3.05, 3.63) is 0 Å². The second-order valence-electron chi connectivity index (χ2n) is 3.71. The molecule has 1 aliphatic heterocycles. The van der Waals surface area contributed by atoms with Gasteiger partial charge < -0.3 is 10.6 Å². The van der Waals surface area contributed by atoms with Crippen LogP contribution in [0, 0.1) is 0 Å². The largest absolute Gasteiger partial charge is 0.356 e. The maximum absolute atomic E-state index is 11.5. The Balaban J connectivity index is 2.55. The van der Waals surface area contributed by atoms with Gasteiger partial charge in [-0.2, -0.15) is 5.10 Å². The Morgan fingerprint density at radius 1 is 1.53 bits per heavy atom. The predicted molar refractivity (Wildman–Crippen MR) is 69.0 cm³/mol. The molecule has 1 saturated heterocycles. The molecule has 1 aliphatic rings. The van der Waals surface area contributed by atoms with Crippen molar-refractivity contribution in [2.24, 2.45) is 10.2 Å². The molecule has 7 heteroatoms. The lowest BCUT2D eigenvalue weighted by Crippen LogP contribution is -2.31. The van der Waals surface area contributed by atoms with Crippen LogP contribution in [0.5, 0.6) is 0 Å². The third kappa shape index (κ3) is 4.56. The molecule has 0 aromatic heterocycles. The lowest BCUT2D eigenvalue weighted by molar-refractivity contribution is -0.125. The number of nitrogens with one attached hydrogen (secondary N) is 2. The Morgan fingerprint density at radius 3 is 2.82 bits per heavy atom. The molecule has 1 heterocycles. The molecule has 1 atom stereocenters. The van der Waals surface area contributed by atoms with Crippen molar-refractivity contribution in [1.29, 1.82) is 0 Å². The molecule has 0 spiro atoms. The summed E-state index contributed by atoms with van der Waals surface area (Å²) in [6.45, 7) is 6.04. The van der Waals surface area contributed by atoms with Crippen LogP contribution in [0.25, 0.3) is 0 Å². The van der Waals surface area contributed by atoms with Gasteiger partial charge in [-0.3, -0.25) is 9.59 Å². The van der Waals surface area contributed by atoms with Crippen molar-refractivity contribution >= 4 is 34.5 Å². The summed E-state index contributed by atoms with van der Waals surface area (Å²) in [6, 6.07) is 0. The SMILES string of the molecule is CCNC(=O)C[C@@H]1S/C(=N/N=C(C)C)NC1=O. The van der Waals surface area contributed by atoms with E-state index >= 15 is 0 Å². The minimum atomic E-state index is -0.410. The molecule has 0 radical (unpaired) electrons. The Bertz CT molecular complexity index is 375. The molecule has 0 aromatic carbocycles. The van der Waals surface area contributed by atoms with E-state index in [0.717, 1.165) is 5.71 Å². The number of nitrogens with zero attached hydrogens (tertiary/aromatic N) is 2. The van der Waals surface area contributed by atoms with Gasteiger partial charge in [0.25, 0.3) is 0 Å². The number of carbonyl (C=O) groups is 2. The topological polar surface area (TPSA) is 82.9 Å². The number of rotatable bonds is 4. The van der Waals surface area contributed by atoms with Crippen molar-refractivity contribution in [3.8, 4) is 0 Å². The zero-order valence-corrected chi connectivity index (χ0v) is 10.9. The summed E-state index contributed by atoms with van der Waals surface area (Å²) in [4.78, 5) is 22.9. The molecule has 1 rings (SSSR count). The van der Waals surface area contributed by atoms with Crippen LogP contribution in [0.1, 0.15) is 27.2 Å². The summed E-state index contributed by atoms with van der Waals surface area (Å²) < 4.78 is 0. The van der Waals surface area contributed by atoms with Gasteiger partial charge in [0.2, 0.25) is 11.8 Å². The summed E-state index contributed by atoms with van der Waals surface area (Å²) in [6.07, 6.45) is 0.165. The number of hydrogen-bond acceptors (Lipinski definition) is 5. The zero-order chi connectivity index (χ0) is 12.8. The minimum Gasteiger partial charge on any atom is -0.356 e. The highest BCUT2D eigenvalue weighted by Crippen LogP contribution is 2.22. The summed E-state index contributed by atoms with van der Waals surface area (Å²) >= 11 is 1.24. The van der Waals surface area contributed by atoms with Gasteiger partial charge in [-0.05, 0) is 20.8 Å². The average Bonchev–Trinajstić information content (AvgIpc) is 2.57. The lowest BCUT2D eigenvalue weighted by atomic mass is 10.3.